The molecule has 1 heterocycles. The first-order valence-electron chi connectivity index (χ1n) is 8.91. The Morgan fingerprint density at radius 2 is 1.86 bits per heavy atom. The van der Waals surface area contributed by atoms with Crippen LogP contribution in [0, 0.1) is 5.82 Å². The molecule has 0 spiro atoms. The van der Waals surface area contributed by atoms with Gasteiger partial charge in [-0.3, -0.25) is 4.79 Å². The van der Waals surface area contributed by atoms with Gasteiger partial charge in [-0.2, -0.15) is 0 Å². The van der Waals surface area contributed by atoms with Gasteiger partial charge in [0.1, 0.15) is 11.6 Å². The quantitative estimate of drug-likeness (QED) is 0.636. The second kappa shape index (κ2) is 8.85. The third-order valence-corrected chi connectivity index (χ3v) is 4.66. The number of benzene rings is 2. The Balaban J connectivity index is 1.84. The lowest BCUT2D eigenvalue weighted by molar-refractivity contribution is 0.0940. The number of pyridine rings is 1. The van der Waals surface area contributed by atoms with Crippen LogP contribution < -0.4 is 10.2 Å². The van der Waals surface area contributed by atoms with E-state index in [9.17, 15) is 9.18 Å². The molecular formula is C22H21ClFN3O. The lowest BCUT2D eigenvalue weighted by atomic mass is 10.1. The molecule has 0 aliphatic carbocycles. The van der Waals surface area contributed by atoms with Gasteiger partial charge in [0.25, 0.3) is 5.91 Å². The molecule has 3 aromatic rings. The second-order valence-electron chi connectivity index (χ2n) is 6.58. The van der Waals surface area contributed by atoms with Crippen molar-refractivity contribution in [2.75, 3.05) is 11.9 Å². The number of hydrogen-bond donors (Lipinski definition) is 1. The van der Waals surface area contributed by atoms with Crippen LogP contribution in [0.2, 0.25) is 5.02 Å². The summed E-state index contributed by atoms with van der Waals surface area (Å²) < 4.78 is 14.0. The van der Waals surface area contributed by atoms with Gasteiger partial charge in [-0.15, -0.1) is 0 Å². The average molecular weight is 398 g/mol. The molecule has 6 heteroatoms. The average Bonchev–Trinajstić information content (AvgIpc) is 2.70. The molecule has 0 fully saturated rings. The van der Waals surface area contributed by atoms with E-state index in [1.807, 2.05) is 37.3 Å². The van der Waals surface area contributed by atoms with E-state index < -0.39 is 0 Å². The van der Waals surface area contributed by atoms with Crippen molar-refractivity contribution in [1.82, 2.24) is 10.3 Å². The number of amides is 1. The summed E-state index contributed by atoms with van der Waals surface area (Å²) in [7, 11) is 1.76. The highest BCUT2D eigenvalue weighted by Crippen LogP contribution is 2.24. The molecule has 1 aromatic heterocycles. The fraction of sp³-hybridized carbons (Fsp3) is 0.182. The van der Waals surface area contributed by atoms with E-state index in [1.54, 1.807) is 36.2 Å². The summed E-state index contributed by atoms with van der Waals surface area (Å²) in [5.74, 6) is -0.154. The van der Waals surface area contributed by atoms with Crippen LogP contribution in [0.5, 0.6) is 0 Å². The summed E-state index contributed by atoms with van der Waals surface area (Å²) in [6, 6.07) is 17.6. The van der Waals surface area contributed by atoms with E-state index in [0.29, 0.717) is 22.0 Å². The summed E-state index contributed by atoms with van der Waals surface area (Å²) >= 11 is 6.08. The maximum absolute atomic E-state index is 14.0. The molecule has 144 valence electrons. The van der Waals surface area contributed by atoms with Gasteiger partial charge >= 0.3 is 0 Å². The highest BCUT2D eigenvalue weighted by Gasteiger charge is 2.19. The molecule has 0 aliphatic rings. The molecule has 2 aromatic carbocycles. The van der Waals surface area contributed by atoms with Crippen LogP contribution in [0.3, 0.4) is 0 Å². The van der Waals surface area contributed by atoms with Gasteiger partial charge in [0.2, 0.25) is 0 Å². The van der Waals surface area contributed by atoms with E-state index in [4.69, 9.17) is 11.6 Å². The van der Waals surface area contributed by atoms with Crippen molar-refractivity contribution in [1.29, 1.82) is 0 Å². The molecule has 0 radical (unpaired) electrons. The molecule has 3 rings (SSSR count). The first kappa shape index (κ1) is 19.8. The molecule has 0 saturated heterocycles. The summed E-state index contributed by atoms with van der Waals surface area (Å²) in [4.78, 5) is 19.0. The smallest absolute Gasteiger partial charge is 0.255 e. The van der Waals surface area contributed by atoms with E-state index in [-0.39, 0.29) is 24.3 Å². The Hall–Kier alpha value is -2.92. The highest BCUT2D eigenvalue weighted by molar-refractivity contribution is 6.31. The SMILES string of the molecule is C[C@H](NC(=O)c1cc(Cl)cnc1N(C)Cc1ccccc1F)c1ccccc1. The molecule has 28 heavy (non-hydrogen) atoms. The van der Waals surface area contributed by atoms with Gasteiger partial charge in [0.15, 0.2) is 0 Å². The van der Waals surface area contributed by atoms with Crippen LogP contribution in [0.1, 0.15) is 34.5 Å². The molecule has 0 aliphatic heterocycles. The number of anilines is 1. The fourth-order valence-corrected chi connectivity index (χ4v) is 3.12. The molecule has 1 N–H and O–H groups in total. The van der Waals surface area contributed by atoms with E-state index in [1.165, 1.54) is 12.3 Å². The Labute approximate surface area is 169 Å². The standard InChI is InChI=1S/C22H21ClFN3O/c1-15(16-8-4-3-5-9-16)26-22(28)19-12-18(23)13-25-21(19)27(2)14-17-10-6-7-11-20(17)24/h3-13,15H,14H2,1-2H3,(H,26,28)/t15-/m0/s1. The normalized spacial score (nSPS) is 11.7. The Morgan fingerprint density at radius 1 is 1.18 bits per heavy atom. The van der Waals surface area contributed by atoms with Crippen LogP contribution in [-0.2, 0) is 6.54 Å². The second-order valence-corrected chi connectivity index (χ2v) is 7.01. The number of nitrogens with zero attached hydrogens (tertiary/aromatic N) is 2. The van der Waals surface area contributed by atoms with Crippen LogP contribution >= 0.6 is 11.6 Å². The Morgan fingerprint density at radius 3 is 2.57 bits per heavy atom. The van der Waals surface area contributed by atoms with Crippen LogP contribution in [0.4, 0.5) is 10.2 Å². The molecule has 0 unspecified atom stereocenters. The fourth-order valence-electron chi connectivity index (χ4n) is 2.96. The van der Waals surface area contributed by atoms with E-state index in [0.717, 1.165) is 5.56 Å². The lowest BCUT2D eigenvalue weighted by Gasteiger charge is -2.22. The summed E-state index contributed by atoms with van der Waals surface area (Å²) in [6.45, 7) is 2.18. The first-order valence-corrected chi connectivity index (χ1v) is 9.29. The van der Waals surface area contributed by atoms with Crippen molar-refractivity contribution in [3.63, 3.8) is 0 Å². The van der Waals surface area contributed by atoms with E-state index in [2.05, 4.69) is 10.3 Å². The minimum atomic E-state index is -0.299. The van der Waals surface area contributed by atoms with Crippen molar-refractivity contribution in [3.8, 4) is 0 Å². The molecule has 1 atom stereocenters. The number of carbonyl (C=O) groups is 1. The predicted octanol–water partition coefficient (Wildman–Crippen LogP) is 5.00. The zero-order chi connectivity index (χ0) is 20.1. The minimum absolute atomic E-state index is 0.183. The van der Waals surface area contributed by atoms with Crippen molar-refractivity contribution in [2.45, 2.75) is 19.5 Å². The summed E-state index contributed by atoms with van der Waals surface area (Å²) in [5.41, 5.74) is 1.85. The summed E-state index contributed by atoms with van der Waals surface area (Å²) in [6.07, 6.45) is 1.48. The van der Waals surface area contributed by atoms with Crippen LogP contribution in [0.15, 0.2) is 66.9 Å². The van der Waals surface area contributed by atoms with Gasteiger partial charge in [-0.05, 0) is 24.6 Å². The van der Waals surface area contributed by atoms with Crippen LogP contribution in [-0.4, -0.2) is 17.9 Å². The lowest BCUT2D eigenvalue weighted by Crippen LogP contribution is -2.29. The number of halogens is 2. The number of hydrogen-bond acceptors (Lipinski definition) is 3. The van der Waals surface area contributed by atoms with Gasteiger partial charge in [-0.25, -0.2) is 9.37 Å². The van der Waals surface area contributed by atoms with Gasteiger partial charge in [0.05, 0.1) is 16.6 Å². The van der Waals surface area contributed by atoms with Crippen molar-refractivity contribution < 1.29 is 9.18 Å². The molecule has 1 amide bonds. The van der Waals surface area contributed by atoms with Gasteiger partial charge in [0, 0.05) is 25.4 Å². The minimum Gasteiger partial charge on any atom is -0.355 e. The monoisotopic (exact) mass is 397 g/mol. The molecule has 0 bridgehead atoms. The van der Waals surface area contributed by atoms with Gasteiger partial charge < -0.3 is 10.2 Å². The number of rotatable bonds is 6. The largest absolute Gasteiger partial charge is 0.355 e. The third-order valence-electron chi connectivity index (χ3n) is 4.45. The van der Waals surface area contributed by atoms with Crippen LogP contribution in [0.25, 0.3) is 0 Å². The Bertz CT molecular complexity index is 965. The first-order chi connectivity index (χ1) is 13.5. The number of nitrogens with one attached hydrogen (secondary N) is 1. The predicted molar refractivity (Wildman–Crippen MR) is 110 cm³/mol. The molecule has 4 nitrogen and oxygen atoms in total. The van der Waals surface area contributed by atoms with Crippen molar-refractivity contribution >= 4 is 23.3 Å². The topological polar surface area (TPSA) is 45.2 Å². The maximum atomic E-state index is 14.0. The Kier molecular flexibility index (Phi) is 6.26. The van der Waals surface area contributed by atoms with Crippen molar-refractivity contribution in [3.05, 3.63) is 94.4 Å². The highest BCUT2D eigenvalue weighted by atomic mass is 35.5. The number of carbonyl (C=O) groups excluding carboxylic acids is 1. The maximum Gasteiger partial charge on any atom is 0.255 e. The van der Waals surface area contributed by atoms with E-state index >= 15 is 0 Å². The summed E-state index contributed by atoms with van der Waals surface area (Å²) in [5, 5.41) is 3.33. The van der Waals surface area contributed by atoms with Gasteiger partial charge in [-0.1, -0.05) is 60.1 Å². The number of aromatic nitrogens is 1. The van der Waals surface area contributed by atoms with Crippen molar-refractivity contribution in [2.24, 2.45) is 0 Å². The third kappa shape index (κ3) is 4.67. The zero-order valence-corrected chi connectivity index (χ0v) is 16.4. The molecule has 0 saturated carbocycles. The molecular weight excluding hydrogens is 377 g/mol. The zero-order valence-electron chi connectivity index (χ0n) is 15.7.